The van der Waals surface area contributed by atoms with Crippen LogP contribution < -0.4 is 0 Å². The first-order chi connectivity index (χ1) is 7.75. The zero-order valence-electron chi connectivity index (χ0n) is 9.72. The third kappa shape index (κ3) is 3.16. The lowest BCUT2D eigenvalue weighted by Gasteiger charge is -2.32. The number of piperazine rings is 1. The van der Waals surface area contributed by atoms with Crippen LogP contribution >= 0.6 is 0 Å². The molecule has 0 spiro atoms. The van der Waals surface area contributed by atoms with E-state index < -0.39 is 0 Å². The molecule has 0 aromatic heterocycles. The highest BCUT2D eigenvalue weighted by Gasteiger charge is 2.16. The third-order valence-corrected chi connectivity index (χ3v) is 3.95. The van der Waals surface area contributed by atoms with Crippen molar-refractivity contribution in [3.05, 3.63) is 35.9 Å². The Labute approximate surface area is 105 Å². The highest BCUT2D eigenvalue weighted by atomic mass is 27.1. The summed E-state index contributed by atoms with van der Waals surface area (Å²) in [5, 5.41) is 0. The molecule has 1 aromatic rings. The molecule has 0 amide bonds. The maximum absolute atomic E-state index is 11.9. The summed E-state index contributed by atoms with van der Waals surface area (Å²) in [5.41, 5.74) is 0.829. The molecule has 1 aliphatic heterocycles. The molecule has 2 rings (SSSR count). The van der Waals surface area contributed by atoms with Crippen molar-refractivity contribution >= 4 is 22.3 Å². The van der Waals surface area contributed by atoms with Crippen LogP contribution in [-0.2, 0) is 0 Å². The minimum Gasteiger partial charge on any atom is -0.388 e. The Bertz CT molecular complexity index is 347. The lowest BCUT2D eigenvalue weighted by Crippen LogP contribution is -2.46. The topological polar surface area (TPSA) is 23.6 Å². The van der Waals surface area contributed by atoms with Gasteiger partial charge in [0.05, 0.1) is 6.54 Å². The maximum atomic E-state index is 11.9. The molecule has 84 valence electrons. The van der Waals surface area contributed by atoms with E-state index in [4.69, 9.17) is 0 Å². The predicted octanol–water partition coefficient (Wildman–Crippen LogP) is 0.0350. The highest BCUT2D eigenvalue weighted by molar-refractivity contribution is 6.04. The summed E-state index contributed by atoms with van der Waals surface area (Å²) >= 11 is 1.14. The van der Waals surface area contributed by atoms with Crippen LogP contribution in [-0.4, -0.2) is 63.8 Å². The van der Waals surface area contributed by atoms with Crippen molar-refractivity contribution in [1.29, 1.82) is 0 Å². The van der Waals surface area contributed by atoms with Gasteiger partial charge >= 0.3 is 16.5 Å². The highest BCUT2D eigenvalue weighted by Crippen LogP contribution is 2.04. The Balaban J connectivity index is 1.88. The summed E-state index contributed by atoms with van der Waals surface area (Å²) in [4.78, 5) is 14.2. The molecule has 0 radical (unpaired) electrons. The largest absolute Gasteiger partial charge is 0.388 e. The SMILES string of the molecule is O=C(CN1CC[N]([AlH2])CC1)c1ccccc1. The second kappa shape index (κ2) is 5.61. The third-order valence-electron chi connectivity index (χ3n) is 3.06. The van der Waals surface area contributed by atoms with Gasteiger partial charge in [-0.05, 0) is 13.1 Å². The second-order valence-electron chi connectivity index (χ2n) is 4.37. The van der Waals surface area contributed by atoms with Crippen molar-refractivity contribution in [2.75, 3.05) is 32.7 Å². The quantitative estimate of drug-likeness (QED) is 0.543. The Morgan fingerprint density at radius 1 is 1.12 bits per heavy atom. The van der Waals surface area contributed by atoms with Crippen LogP contribution in [0, 0.1) is 0 Å². The molecule has 0 unspecified atom stereocenters. The number of nitrogens with zero attached hydrogens (tertiary/aromatic N) is 2. The second-order valence-corrected chi connectivity index (χ2v) is 5.63. The lowest BCUT2D eigenvalue weighted by atomic mass is 10.1. The number of hydrogen-bond acceptors (Lipinski definition) is 3. The van der Waals surface area contributed by atoms with Gasteiger partial charge in [-0.1, -0.05) is 30.3 Å². The van der Waals surface area contributed by atoms with Crippen LogP contribution in [0.3, 0.4) is 0 Å². The molecule has 0 aliphatic carbocycles. The molecule has 1 fully saturated rings. The molecule has 0 N–H and O–H groups in total. The molecule has 4 heteroatoms. The molecule has 0 bridgehead atoms. The minimum absolute atomic E-state index is 0.238. The number of ketones is 1. The van der Waals surface area contributed by atoms with Crippen molar-refractivity contribution in [1.82, 2.24) is 8.78 Å². The molecule has 1 saturated heterocycles. The molecular weight excluding hydrogens is 215 g/mol. The Hall–Kier alpha value is -0.658. The van der Waals surface area contributed by atoms with E-state index in [0.29, 0.717) is 6.54 Å². The Kier molecular flexibility index (Phi) is 4.14. The lowest BCUT2D eigenvalue weighted by molar-refractivity contribution is 0.0902. The fourth-order valence-corrected chi connectivity index (χ4v) is 2.32. The van der Waals surface area contributed by atoms with Gasteiger partial charge < -0.3 is 3.88 Å². The van der Waals surface area contributed by atoms with Gasteiger partial charge in [0.25, 0.3) is 0 Å². The zero-order chi connectivity index (χ0) is 11.4. The number of carbonyl (C=O) groups excluding carboxylic acids is 1. The zero-order valence-corrected chi connectivity index (χ0v) is 11.7. The van der Waals surface area contributed by atoms with Gasteiger partial charge in [0, 0.05) is 18.7 Å². The van der Waals surface area contributed by atoms with Gasteiger partial charge in [0.15, 0.2) is 5.78 Å². The number of Topliss-reactive ketones (excluding diaryl/α,β-unsaturated/α-hetero) is 1. The number of rotatable bonds is 3. The van der Waals surface area contributed by atoms with E-state index in [1.165, 1.54) is 0 Å². The van der Waals surface area contributed by atoms with E-state index in [2.05, 4.69) is 8.78 Å². The van der Waals surface area contributed by atoms with E-state index in [9.17, 15) is 4.79 Å². The van der Waals surface area contributed by atoms with Gasteiger partial charge in [0.2, 0.25) is 0 Å². The fraction of sp³-hybridized carbons (Fsp3) is 0.417. The van der Waals surface area contributed by atoms with Crippen LogP contribution in [0.15, 0.2) is 30.3 Å². The van der Waals surface area contributed by atoms with Gasteiger partial charge in [0.1, 0.15) is 0 Å². The van der Waals surface area contributed by atoms with Crippen molar-refractivity contribution in [3.63, 3.8) is 0 Å². The Morgan fingerprint density at radius 2 is 1.75 bits per heavy atom. The Morgan fingerprint density at radius 3 is 2.38 bits per heavy atom. The molecular formula is C12H17AlN2O. The van der Waals surface area contributed by atoms with Crippen LogP contribution in [0.1, 0.15) is 10.4 Å². The van der Waals surface area contributed by atoms with E-state index in [1.807, 2.05) is 30.3 Å². The molecule has 1 aliphatic rings. The van der Waals surface area contributed by atoms with Gasteiger partial charge in [-0.15, -0.1) is 0 Å². The fourth-order valence-electron chi connectivity index (χ4n) is 1.92. The summed E-state index contributed by atoms with van der Waals surface area (Å²) in [7, 11) is 0. The molecule has 16 heavy (non-hydrogen) atoms. The van der Waals surface area contributed by atoms with Crippen molar-refractivity contribution in [3.8, 4) is 0 Å². The number of hydrogen-bond donors (Lipinski definition) is 0. The van der Waals surface area contributed by atoms with Crippen LogP contribution in [0.4, 0.5) is 0 Å². The molecule has 1 heterocycles. The van der Waals surface area contributed by atoms with Crippen LogP contribution in [0.5, 0.6) is 0 Å². The minimum atomic E-state index is 0.238. The number of benzene rings is 1. The summed E-state index contributed by atoms with van der Waals surface area (Å²) in [6.45, 7) is 4.87. The van der Waals surface area contributed by atoms with E-state index in [1.54, 1.807) is 0 Å². The molecule has 1 aromatic carbocycles. The average molecular weight is 232 g/mol. The standard InChI is InChI=1S/C12H15N2O.Al.2H/c15-12(11-4-2-1-3-5-11)10-14-8-6-13-7-9-14;;;/h1-5H,6-10H2;;;/q-1;+1;;. The summed E-state index contributed by atoms with van der Waals surface area (Å²) < 4.78 is 2.43. The van der Waals surface area contributed by atoms with Crippen LogP contribution in [0.25, 0.3) is 0 Å². The molecule has 0 atom stereocenters. The van der Waals surface area contributed by atoms with Gasteiger partial charge in [-0.25, -0.2) is 0 Å². The van der Waals surface area contributed by atoms with E-state index >= 15 is 0 Å². The summed E-state index contributed by atoms with van der Waals surface area (Å²) in [6.07, 6.45) is 0. The van der Waals surface area contributed by atoms with Crippen molar-refractivity contribution < 1.29 is 4.79 Å². The molecule has 3 nitrogen and oxygen atoms in total. The summed E-state index contributed by atoms with van der Waals surface area (Å²) in [5.74, 6) is 0.238. The smallest absolute Gasteiger partial charge is 0.321 e. The predicted molar refractivity (Wildman–Crippen MR) is 67.3 cm³/mol. The first kappa shape index (κ1) is 11.8. The summed E-state index contributed by atoms with van der Waals surface area (Å²) in [6, 6.07) is 9.57. The first-order valence-corrected chi connectivity index (χ1v) is 6.64. The first-order valence-electron chi connectivity index (χ1n) is 5.75. The average Bonchev–Trinajstić information content (AvgIpc) is 2.33. The normalized spacial score (nSPS) is 18.5. The van der Waals surface area contributed by atoms with E-state index in [0.717, 1.165) is 48.3 Å². The van der Waals surface area contributed by atoms with Gasteiger partial charge in [-0.3, -0.25) is 9.69 Å². The monoisotopic (exact) mass is 232 g/mol. The van der Waals surface area contributed by atoms with Crippen molar-refractivity contribution in [2.45, 2.75) is 0 Å². The maximum Gasteiger partial charge on any atom is 0.321 e. The van der Waals surface area contributed by atoms with Crippen LogP contribution in [0.2, 0.25) is 0 Å². The van der Waals surface area contributed by atoms with E-state index in [-0.39, 0.29) is 5.78 Å². The van der Waals surface area contributed by atoms with Gasteiger partial charge in [-0.2, -0.15) is 0 Å². The van der Waals surface area contributed by atoms with Crippen molar-refractivity contribution in [2.24, 2.45) is 0 Å². The number of carbonyl (C=O) groups is 1. The molecule has 0 saturated carbocycles.